The first-order chi connectivity index (χ1) is 18.8. The Balaban J connectivity index is 1.52. The lowest BCUT2D eigenvalue weighted by Crippen LogP contribution is -2.54. The molecular formula is C33H33N3O3. The molecule has 1 N–H and O–H groups in total. The number of nitrogens with zero attached hydrogens (tertiary/aromatic N) is 2. The molecule has 1 heterocycles. The number of carbonyl (C=O) groups excluding carboxylic acids is 3. The van der Waals surface area contributed by atoms with Crippen molar-refractivity contribution in [2.45, 2.75) is 45.8 Å². The SMILES string of the molecule is Cc1cccc(CN(C(=O)CN2C(=O)c3cccc4cccc2c34)C(Cc2ccccc2)C(=O)NC(C)C)c1. The zero-order valence-corrected chi connectivity index (χ0v) is 22.6. The van der Waals surface area contributed by atoms with Crippen molar-refractivity contribution in [3.05, 3.63) is 113 Å². The van der Waals surface area contributed by atoms with E-state index >= 15 is 0 Å². The fraction of sp³-hybridized carbons (Fsp3) is 0.242. The van der Waals surface area contributed by atoms with E-state index in [0.29, 0.717) is 12.0 Å². The first-order valence-corrected chi connectivity index (χ1v) is 13.3. The summed E-state index contributed by atoms with van der Waals surface area (Å²) < 4.78 is 0. The maximum Gasteiger partial charge on any atom is 0.259 e. The average Bonchev–Trinajstić information content (AvgIpc) is 3.19. The molecule has 0 aliphatic carbocycles. The Labute approximate surface area is 229 Å². The highest BCUT2D eigenvalue weighted by Crippen LogP contribution is 2.37. The van der Waals surface area contributed by atoms with Crippen LogP contribution < -0.4 is 10.2 Å². The van der Waals surface area contributed by atoms with E-state index in [4.69, 9.17) is 0 Å². The van der Waals surface area contributed by atoms with Crippen molar-refractivity contribution >= 4 is 34.2 Å². The third-order valence-corrected chi connectivity index (χ3v) is 7.08. The van der Waals surface area contributed by atoms with Crippen LogP contribution in [-0.4, -0.2) is 41.2 Å². The molecule has 3 amide bonds. The first kappa shape index (κ1) is 26.2. The number of hydrogen-bond donors (Lipinski definition) is 1. The van der Waals surface area contributed by atoms with Gasteiger partial charge in [0, 0.05) is 30.0 Å². The van der Waals surface area contributed by atoms with Crippen molar-refractivity contribution in [3.8, 4) is 0 Å². The summed E-state index contributed by atoms with van der Waals surface area (Å²) in [4.78, 5) is 44.4. The smallest absolute Gasteiger partial charge is 0.259 e. The minimum absolute atomic E-state index is 0.0843. The molecule has 0 fully saturated rings. The van der Waals surface area contributed by atoms with Gasteiger partial charge in [0.15, 0.2) is 0 Å². The standard InChI is InChI=1S/C33H33N3O3/c1-22(2)34-32(38)29(19-24-11-5-4-6-12-24)35(20-25-13-7-10-23(3)18-25)30(37)21-36-28-17-9-15-26-14-8-16-27(31(26)28)33(36)39/h4-18,22,29H,19-21H2,1-3H3,(H,34,38). The molecule has 4 aromatic rings. The van der Waals surface area contributed by atoms with E-state index in [1.807, 2.05) is 106 Å². The number of anilines is 1. The van der Waals surface area contributed by atoms with E-state index in [1.165, 1.54) is 0 Å². The Morgan fingerprint density at radius 2 is 1.56 bits per heavy atom. The number of rotatable bonds is 9. The molecule has 1 atom stereocenters. The van der Waals surface area contributed by atoms with Gasteiger partial charge in [0.25, 0.3) is 5.91 Å². The molecule has 6 nitrogen and oxygen atoms in total. The molecule has 1 aliphatic rings. The van der Waals surface area contributed by atoms with E-state index in [2.05, 4.69) is 5.32 Å². The van der Waals surface area contributed by atoms with Crippen LogP contribution in [-0.2, 0) is 22.6 Å². The molecule has 1 aliphatic heterocycles. The fourth-order valence-electron chi connectivity index (χ4n) is 5.30. The molecule has 0 radical (unpaired) electrons. The van der Waals surface area contributed by atoms with E-state index in [1.54, 1.807) is 15.9 Å². The third-order valence-electron chi connectivity index (χ3n) is 7.08. The molecule has 39 heavy (non-hydrogen) atoms. The van der Waals surface area contributed by atoms with Gasteiger partial charge in [0.1, 0.15) is 12.6 Å². The molecule has 6 heteroatoms. The maximum absolute atomic E-state index is 14.2. The summed E-state index contributed by atoms with van der Waals surface area (Å²) >= 11 is 0. The average molecular weight is 520 g/mol. The number of amides is 3. The summed E-state index contributed by atoms with van der Waals surface area (Å²) in [7, 11) is 0. The summed E-state index contributed by atoms with van der Waals surface area (Å²) in [5.74, 6) is -0.695. The van der Waals surface area contributed by atoms with Gasteiger partial charge in [-0.3, -0.25) is 19.3 Å². The number of carbonyl (C=O) groups is 3. The Kier molecular flexibility index (Phi) is 7.46. The van der Waals surface area contributed by atoms with Crippen LogP contribution in [0.4, 0.5) is 5.69 Å². The second-order valence-electron chi connectivity index (χ2n) is 10.5. The Bertz CT molecular complexity index is 1520. The Morgan fingerprint density at radius 1 is 0.872 bits per heavy atom. The van der Waals surface area contributed by atoms with Crippen LogP contribution in [0.5, 0.6) is 0 Å². The van der Waals surface area contributed by atoms with Crippen LogP contribution >= 0.6 is 0 Å². The van der Waals surface area contributed by atoms with Gasteiger partial charge in [0.2, 0.25) is 11.8 Å². The van der Waals surface area contributed by atoms with Crippen LogP contribution in [0.2, 0.25) is 0 Å². The summed E-state index contributed by atoms with van der Waals surface area (Å²) in [6.07, 6.45) is 0.362. The van der Waals surface area contributed by atoms with E-state index in [9.17, 15) is 14.4 Å². The maximum atomic E-state index is 14.2. The van der Waals surface area contributed by atoms with Gasteiger partial charge in [-0.25, -0.2) is 0 Å². The van der Waals surface area contributed by atoms with Crippen molar-refractivity contribution in [3.63, 3.8) is 0 Å². The van der Waals surface area contributed by atoms with Crippen LogP contribution in [0.25, 0.3) is 10.8 Å². The predicted octanol–water partition coefficient (Wildman–Crippen LogP) is 5.27. The molecule has 5 rings (SSSR count). The highest BCUT2D eigenvalue weighted by Gasteiger charge is 2.36. The van der Waals surface area contributed by atoms with Crippen LogP contribution in [0, 0.1) is 6.92 Å². The summed E-state index contributed by atoms with van der Waals surface area (Å²) in [6, 6.07) is 28.2. The molecule has 0 aromatic heterocycles. The second-order valence-corrected chi connectivity index (χ2v) is 10.5. The second kappa shape index (κ2) is 11.1. The minimum Gasteiger partial charge on any atom is -0.352 e. The molecular weight excluding hydrogens is 486 g/mol. The number of aryl methyl sites for hydroxylation is 1. The molecule has 0 saturated heterocycles. The summed E-state index contributed by atoms with van der Waals surface area (Å²) in [5.41, 5.74) is 4.28. The number of benzene rings is 4. The van der Waals surface area contributed by atoms with Crippen LogP contribution in [0.15, 0.2) is 91.0 Å². The molecule has 198 valence electrons. The molecule has 1 unspecified atom stereocenters. The van der Waals surface area contributed by atoms with Gasteiger partial charge < -0.3 is 10.2 Å². The third kappa shape index (κ3) is 5.55. The van der Waals surface area contributed by atoms with Crippen molar-refractivity contribution in [2.75, 3.05) is 11.4 Å². The lowest BCUT2D eigenvalue weighted by molar-refractivity contribution is -0.140. The lowest BCUT2D eigenvalue weighted by Gasteiger charge is -2.33. The first-order valence-electron chi connectivity index (χ1n) is 13.3. The highest BCUT2D eigenvalue weighted by atomic mass is 16.2. The summed E-state index contributed by atoms with van der Waals surface area (Å²) in [5, 5.41) is 4.84. The van der Waals surface area contributed by atoms with Gasteiger partial charge in [0.05, 0.1) is 5.69 Å². The monoisotopic (exact) mass is 519 g/mol. The summed E-state index contributed by atoms with van der Waals surface area (Å²) in [6.45, 7) is 5.92. The fourth-order valence-corrected chi connectivity index (χ4v) is 5.30. The van der Waals surface area contributed by atoms with Crippen LogP contribution in [0.1, 0.15) is 40.9 Å². The molecule has 4 aromatic carbocycles. The van der Waals surface area contributed by atoms with Crippen molar-refractivity contribution in [1.29, 1.82) is 0 Å². The van der Waals surface area contributed by atoms with Crippen molar-refractivity contribution in [1.82, 2.24) is 10.2 Å². The Morgan fingerprint density at radius 3 is 2.28 bits per heavy atom. The van der Waals surface area contributed by atoms with Crippen LogP contribution in [0.3, 0.4) is 0 Å². The molecule has 0 bridgehead atoms. The molecule has 0 spiro atoms. The van der Waals surface area contributed by atoms with Gasteiger partial charge in [-0.2, -0.15) is 0 Å². The molecule has 0 saturated carbocycles. The highest BCUT2D eigenvalue weighted by molar-refractivity contribution is 6.26. The largest absolute Gasteiger partial charge is 0.352 e. The normalized spacial score (nSPS) is 13.1. The lowest BCUT2D eigenvalue weighted by atomic mass is 10.0. The van der Waals surface area contributed by atoms with Crippen molar-refractivity contribution < 1.29 is 14.4 Å². The van der Waals surface area contributed by atoms with Gasteiger partial charge in [-0.05, 0) is 49.4 Å². The predicted molar refractivity (Wildman–Crippen MR) is 155 cm³/mol. The van der Waals surface area contributed by atoms with E-state index in [0.717, 1.165) is 33.2 Å². The van der Waals surface area contributed by atoms with E-state index < -0.39 is 6.04 Å². The zero-order chi connectivity index (χ0) is 27.5. The van der Waals surface area contributed by atoms with Gasteiger partial charge >= 0.3 is 0 Å². The zero-order valence-electron chi connectivity index (χ0n) is 22.6. The van der Waals surface area contributed by atoms with E-state index in [-0.39, 0.29) is 36.9 Å². The van der Waals surface area contributed by atoms with Gasteiger partial charge in [-0.15, -0.1) is 0 Å². The van der Waals surface area contributed by atoms with Gasteiger partial charge in [-0.1, -0.05) is 84.4 Å². The number of nitrogens with one attached hydrogen (secondary N) is 1. The van der Waals surface area contributed by atoms with Crippen molar-refractivity contribution in [2.24, 2.45) is 0 Å². The Hall–Kier alpha value is -4.45. The quantitative estimate of drug-likeness (QED) is 0.327. The minimum atomic E-state index is -0.751. The topological polar surface area (TPSA) is 69.7 Å². The number of hydrogen-bond acceptors (Lipinski definition) is 3.